The van der Waals surface area contributed by atoms with Crippen molar-refractivity contribution in [3.8, 4) is 11.5 Å². The summed E-state index contributed by atoms with van der Waals surface area (Å²) in [7, 11) is 0. The van der Waals surface area contributed by atoms with E-state index in [2.05, 4.69) is 25.5 Å². The van der Waals surface area contributed by atoms with Crippen LogP contribution in [0.25, 0.3) is 11.5 Å². The maximum Gasteiger partial charge on any atom is 0.154 e. The standard InChI is InChI=1S/C19H16FN5OS/c1-12-9-17(22-18-10-15(24-25-18)16-3-2-8-26-16)23-19(21-12)11-27-14-6-4-13(20)5-7-14/h2-10H,11H2,1H3,(H2,21,22,23,24,25). The zero-order valence-electron chi connectivity index (χ0n) is 14.4. The first-order valence-electron chi connectivity index (χ1n) is 8.25. The molecule has 3 aromatic heterocycles. The van der Waals surface area contributed by atoms with Gasteiger partial charge in [-0.25, -0.2) is 14.4 Å². The maximum absolute atomic E-state index is 13.0. The Balaban J connectivity index is 1.46. The molecule has 0 atom stereocenters. The molecule has 27 heavy (non-hydrogen) atoms. The van der Waals surface area contributed by atoms with Gasteiger partial charge in [-0.2, -0.15) is 5.10 Å². The Kier molecular flexibility index (Phi) is 4.88. The number of aromatic amines is 1. The van der Waals surface area contributed by atoms with Crippen molar-refractivity contribution < 1.29 is 8.81 Å². The zero-order chi connectivity index (χ0) is 18.6. The molecule has 0 aliphatic carbocycles. The number of benzene rings is 1. The molecular weight excluding hydrogens is 365 g/mol. The molecule has 0 aliphatic heterocycles. The van der Waals surface area contributed by atoms with Crippen LogP contribution in [0, 0.1) is 12.7 Å². The minimum atomic E-state index is -0.245. The average molecular weight is 381 g/mol. The predicted molar refractivity (Wildman–Crippen MR) is 102 cm³/mol. The van der Waals surface area contributed by atoms with E-state index >= 15 is 0 Å². The van der Waals surface area contributed by atoms with Gasteiger partial charge >= 0.3 is 0 Å². The zero-order valence-corrected chi connectivity index (χ0v) is 15.3. The number of aromatic nitrogens is 4. The molecule has 2 N–H and O–H groups in total. The lowest BCUT2D eigenvalue weighted by Gasteiger charge is -2.07. The number of hydrogen-bond donors (Lipinski definition) is 2. The fraction of sp³-hybridized carbons (Fsp3) is 0.105. The summed E-state index contributed by atoms with van der Waals surface area (Å²) in [6, 6.07) is 13.8. The van der Waals surface area contributed by atoms with E-state index in [1.807, 2.05) is 31.2 Å². The Labute approximate surface area is 159 Å². The summed E-state index contributed by atoms with van der Waals surface area (Å²) in [5, 5.41) is 10.3. The van der Waals surface area contributed by atoms with Crippen LogP contribution in [0.1, 0.15) is 11.5 Å². The highest BCUT2D eigenvalue weighted by atomic mass is 32.2. The molecule has 0 fully saturated rings. The summed E-state index contributed by atoms with van der Waals surface area (Å²) in [6.07, 6.45) is 1.61. The minimum Gasteiger partial charge on any atom is -0.463 e. The third-order valence-electron chi connectivity index (χ3n) is 3.70. The minimum absolute atomic E-state index is 0.245. The van der Waals surface area contributed by atoms with E-state index in [4.69, 9.17) is 4.42 Å². The van der Waals surface area contributed by atoms with E-state index in [0.717, 1.165) is 16.3 Å². The molecule has 0 amide bonds. The van der Waals surface area contributed by atoms with Crippen LogP contribution in [0.15, 0.2) is 64.1 Å². The number of H-pyrrole nitrogens is 1. The van der Waals surface area contributed by atoms with Crippen LogP contribution in [0.3, 0.4) is 0 Å². The van der Waals surface area contributed by atoms with Gasteiger partial charge in [0.2, 0.25) is 0 Å². The van der Waals surface area contributed by atoms with E-state index < -0.39 is 0 Å². The SMILES string of the molecule is Cc1cc(Nc2cc(-c3ccco3)[nH]n2)nc(CSc2ccc(F)cc2)n1. The molecule has 0 saturated carbocycles. The number of hydrogen-bond acceptors (Lipinski definition) is 6. The van der Waals surface area contributed by atoms with Crippen LogP contribution in [0.2, 0.25) is 0 Å². The molecule has 0 radical (unpaired) electrons. The topological polar surface area (TPSA) is 79.6 Å². The molecule has 0 spiro atoms. The van der Waals surface area contributed by atoms with Crippen molar-refractivity contribution in [2.45, 2.75) is 17.6 Å². The number of halogens is 1. The number of furan rings is 1. The quantitative estimate of drug-likeness (QED) is 0.460. The van der Waals surface area contributed by atoms with Crippen molar-refractivity contribution in [2.75, 3.05) is 5.32 Å². The van der Waals surface area contributed by atoms with E-state index in [9.17, 15) is 4.39 Å². The second-order valence-corrected chi connectivity index (χ2v) is 6.87. The largest absolute Gasteiger partial charge is 0.463 e. The lowest BCUT2D eigenvalue weighted by Crippen LogP contribution is -2.01. The first kappa shape index (κ1) is 17.3. The highest BCUT2D eigenvalue weighted by Gasteiger charge is 2.08. The van der Waals surface area contributed by atoms with Crippen molar-refractivity contribution in [1.29, 1.82) is 0 Å². The Morgan fingerprint density at radius 1 is 1.11 bits per heavy atom. The van der Waals surface area contributed by atoms with Crippen LogP contribution in [0.5, 0.6) is 0 Å². The molecule has 6 nitrogen and oxygen atoms in total. The predicted octanol–water partition coefficient (Wildman–Crippen LogP) is 4.94. The molecule has 4 aromatic rings. The monoisotopic (exact) mass is 381 g/mol. The number of thioether (sulfide) groups is 1. The molecule has 0 saturated heterocycles. The highest BCUT2D eigenvalue weighted by Crippen LogP contribution is 2.24. The van der Waals surface area contributed by atoms with Crippen molar-refractivity contribution in [1.82, 2.24) is 20.2 Å². The second-order valence-electron chi connectivity index (χ2n) is 5.82. The summed E-state index contributed by atoms with van der Waals surface area (Å²) >= 11 is 1.55. The molecule has 3 heterocycles. The van der Waals surface area contributed by atoms with Crippen molar-refractivity contribution in [3.05, 3.63) is 72.1 Å². The van der Waals surface area contributed by atoms with Gasteiger partial charge in [0.1, 0.15) is 23.2 Å². The fourth-order valence-electron chi connectivity index (χ4n) is 2.51. The number of anilines is 2. The smallest absolute Gasteiger partial charge is 0.154 e. The molecule has 1 aromatic carbocycles. The van der Waals surface area contributed by atoms with E-state index in [1.54, 1.807) is 30.2 Å². The third-order valence-corrected chi connectivity index (χ3v) is 4.71. The van der Waals surface area contributed by atoms with Gasteiger partial charge < -0.3 is 9.73 Å². The lowest BCUT2D eigenvalue weighted by atomic mass is 10.3. The summed E-state index contributed by atoms with van der Waals surface area (Å²) in [6.45, 7) is 1.91. The van der Waals surface area contributed by atoms with Gasteiger partial charge in [-0.1, -0.05) is 0 Å². The molecule has 8 heteroatoms. The van der Waals surface area contributed by atoms with Gasteiger partial charge in [-0.15, -0.1) is 11.8 Å². The maximum atomic E-state index is 13.0. The van der Waals surface area contributed by atoms with Gasteiger partial charge in [-0.05, 0) is 43.3 Å². The molecule has 0 bridgehead atoms. The van der Waals surface area contributed by atoms with Gasteiger partial charge in [0.05, 0.1) is 12.0 Å². The van der Waals surface area contributed by atoms with Gasteiger partial charge in [0, 0.05) is 22.7 Å². The van der Waals surface area contributed by atoms with Crippen LogP contribution in [-0.4, -0.2) is 20.2 Å². The van der Waals surface area contributed by atoms with Crippen LogP contribution < -0.4 is 5.32 Å². The Morgan fingerprint density at radius 2 is 1.96 bits per heavy atom. The van der Waals surface area contributed by atoms with Crippen LogP contribution in [-0.2, 0) is 5.75 Å². The number of rotatable bonds is 6. The number of aryl methyl sites for hydroxylation is 1. The van der Waals surface area contributed by atoms with E-state index in [-0.39, 0.29) is 5.82 Å². The second kappa shape index (κ2) is 7.63. The fourth-order valence-corrected chi connectivity index (χ4v) is 3.27. The first-order chi connectivity index (χ1) is 13.2. The molecule has 0 unspecified atom stereocenters. The van der Waals surface area contributed by atoms with Crippen LogP contribution in [0.4, 0.5) is 16.0 Å². The molecule has 4 rings (SSSR count). The van der Waals surface area contributed by atoms with Crippen molar-refractivity contribution >= 4 is 23.4 Å². The Bertz CT molecular complexity index is 1030. The molecule has 0 aliphatic rings. The summed E-state index contributed by atoms with van der Waals surface area (Å²) in [5.41, 5.74) is 1.63. The Morgan fingerprint density at radius 3 is 2.74 bits per heavy atom. The van der Waals surface area contributed by atoms with Gasteiger partial charge in [0.15, 0.2) is 11.6 Å². The number of nitrogens with zero attached hydrogens (tertiary/aromatic N) is 3. The summed E-state index contributed by atoms with van der Waals surface area (Å²) < 4.78 is 18.3. The first-order valence-corrected chi connectivity index (χ1v) is 9.23. The molecule has 136 valence electrons. The molecular formula is C19H16FN5OS. The van der Waals surface area contributed by atoms with Crippen molar-refractivity contribution in [2.24, 2.45) is 0 Å². The number of nitrogens with one attached hydrogen (secondary N) is 2. The van der Waals surface area contributed by atoms with E-state index in [0.29, 0.717) is 29.0 Å². The van der Waals surface area contributed by atoms with Crippen LogP contribution >= 0.6 is 11.8 Å². The lowest BCUT2D eigenvalue weighted by molar-refractivity contribution is 0.580. The average Bonchev–Trinajstić information content (AvgIpc) is 3.32. The van der Waals surface area contributed by atoms with Gasteiger partial charge in [0.25, 0.3) is 0 Å². The van der Waals surface area contributed by atoms with E-state index in [1.165, 1.54) is 12.1 Å². The highest BCUT2D eigenvalue weighted by molar-refractivity contribution is 7.98. The Hall–Kier alpha value is -3.13. The summed E-state index contributed by atoms with van der Waals surface area (Å²) in [4.78, 5) is 9.97. The third kappa shape index (κ3) is 4.35. The van der Waals surface area contributed by atoms with Gasteiger partial charge in [-0.3, -0.25) is 5.10 Å². The summed E-state index contributed by atoms with van der Waals surface area (Å²) in [5.74, 6) is 3.04. The normalized spacial score (nSPS) is 10.9. The van der Waals surface area contributed by atoms with Crippen molar-refractivity contribution in [3.63, 3.8) is 0 Å².